The highest BCUT2D eigenvalue weighted by molar-refractivity contribution is 6.21. The van der Waals surface area contributed by atoms with E-state index < -0.39 is 0 Å². The minimum absolute atomic E-state index is 0.0162. The molecule has 6 aromatic rings. The first-order valence-electron chi connectivity index (χ1n) is 12.8. The van der Waals surface area contributed by atoms with Crippen LogP contribution < -0.4 is 0 Å². The smallest absolute Gasteiger partial charge is 0.0158 e. The largest absolute Gasteiger partial charge is 0.0622 e. The van der Waals surface area contributed by atoms with Gasteiger partial charge in [-0.05, 0) is 79.0 Å². The van der Waals surface area contributed by atoms with Crippen LogP contribution in [0.2, 0.25) is 0 Å². The summed E-state index contributed by atoms with van der Waals surface area (Å²) in [6.45, 7) is 6.89. The molecule has 0 radical (unpaired) electrons. The number of benzene rings is 6. The summed E-state index contributed by atoms with van der Waals surface area (Å²) in [7, 11) is 0. The lowest BCUT2D eigenvalue weighted by molar-refractivity contribution is 0.660. The third-order valence-corrected chi connectivity index (χ3v) is 8.11. The Kier molecular flexibility index (Phi) is 4.51. The van der Waals surface area contributed by atoms with Crippen LogP contribution in [0.25, 0.3) is 54.9 Å². The van der Waals surface area contributed by atoms with Crippen molar-refractivity contribution in [2.75, 3.05) is 0 Å². The summed E-state index contributed by atoms with van der Waals surface area (Å²) < 4.78 is 0. The van der Waals surface area contributed by atoms with Gasteiger partial charge < -0.3 is 0 Å². The third-order valence-electron chi connectivity index (χ3n) is 8.11. The number of fused-ring (bicyclic) bond motifs is 5. The van der Waals surface area contributed by atoms with Crippen molar-refractivity contribution in [2.24, 2.45) is 0 Å². The third kappa shape index (κ3) is 2.94. The second-order valence-corrected chi connectivity index (χ2v) is 10.6. The maximum atomic E-state index is 2.44. The van der Waals surface area contributed by atoms with Gasteiger partial charge >= 0.3 is 0 Å². The normalized spacial score (nSPS) is 13.6. The molecule has 0 aliphatic heterocycles. The molecule has 1 aliphatic rings. The van der Waals surface area contributed by atoms with E-state index in [0.29, 0.717) is 0 Å². The minimum atomic E-state index is 0.0162. The number of hydrogen-bond acceptors (Lipinski definition) is 0. The van der Waals surface area contributed by atoms with Crippen LogP contribution in [-0.4, -0.2) is 0 Å². The second-order valence-electron chi connectivity index (χ2n) is 10.6. The Balaban J connectivity index is 1.60. The van der Waals surface area contributed by atoms with E-state index >= 15 is 0 Å². The van der Waals surface area contributed by atoms with Crippen molar-refractivity contribution in [3.05, 3.63) is 132 Å². The van der Waals surface area contributed by atoms with Crippen LogP contribution in [0.3, 0.4) is 0 Å². The molecule has 0 N–H and O–H groups in total. The van der Waals surface area contributed by atoms with Crippen molar-refractivity contribution in [2.45, 2.75) is 26.2 Å². The Labute approximate surface area is 212 Å². The molecule has 0 unspecified atom stereocenters. The number of rotatable bonds is 2. The molecule has 0 nitrogen and oxygen atoms in total. The van der Waals surface area contributed by atoms with Crippen LogP contribution in [0.5, 0.6) is 0 Å². The predicted octanol–water partition coefficient (Wildman–Crippen LogP) is 9.94. The number of aryl methyl sites for hydroxylation is 1. The minimum Gasteiger partial charge on any atom is -0.0622 e. The van der Waals surface area contributed by atoms with Crippen LogP contribution in [0.1, 0.15) is 30.5 Å². The number of hydrogen-bond donors (Lipinski definition) is 0. The Bertz CT molecular complexity index is 1800. The summed E-state index contributed by atoms with van der Waals surface area (Å²) in [5, 5.41) is 5.23. The lowest BCUT2D eigenvalue weighted by Gasteiger charge is -2.22. The van der Waals surface area contributed by atoms with Gasteiger partial charge in [0.15, 0.2) is 0 Å². The Morgan fingerprint density at radius 2 is 1.06 bits per heavy atom. The first-order valence-corrected chi connectivity index (χ1v) is 12.8. The highest BCUT2D eigenvalue weighted by Gasteiger charge is 2.35. The topological polar surface area (TPSA) is 0 Å². The molecule has 6 aromatic carbocycles. The first kappa shape index (κ1) is 21.1. The van der Waals surface area contributed by atoms with E-state index in [1.54, 1.807) is 0 Å². The van der Waals surface area contributed by atoms with Gasteiger partial charge in [-0.25, -0.2) is 0 Å². The zero-order chi connectivity index (χ0) is 24.4. The average Bonchev–Trinajstić information content (AvgIpc) is 3.14. The van der Waals surface area contributed by atoms with E-state index in [4.69, 9.17) is 0 Å². The van der Waals surface area contributed by atoms with Crippen molar-refractivity contribution in [1.29, 1.82) is 0 Å². The molecule has 0 bridgehead atoms. The van der Waals surface area contributed by atoms with Crippen LogP contribution in [0.15, 0.2) is 115 Å². The summed E-state index contributed by atoms with van der Waals surface area (Å²) in [5.41, 5.74) is 12.1. The van der Waals surface area contributed by atoms with Crippen LogP contribution >= 0.6 is 0 Å². The molecule has 0 heteroatoms. The van der Waals surface area contributed by atoms with Crippen molar-refractivity contribution < 1.29 is 0 Å². The van der Waals surface area contributed by atoms with Crippen molar-refractivity contribution in [3.63, 3.8) is 0 Å². The quantitative estimate of drug-likeness (QED) is 0.226. The molecule has 36 heavy (non-hydrogen) atoms. The lowest BCUT2D eigenvalue weighted by Crippen LogP contribution is -2.14. The maximum absolute atomic E-state index is 2.44. The van der Waals surface area contributed by atoms with Crippen LogP contribution in [0.4, 0.5) is 0 Å². The van der Waals surface area contributed by atoms with E-state index in [1.807, 2.05) is 0 Å². The van der Waals surface area contributed by atoms with E-state index in [1.165, 1.54) is 71.6 Å². The van der Waals surface area contributed by atoms with Crippen LogP contribution in [-0.2, 0) is 5.41 Å². The fourth-order valence-corrected chi connectivity index (χ4v) is 6.39. The molecule has 0 saturated heterocycles. The fourth-order valence-electron chi connectivity index (χ4n) is 6.39. The highest BCUT2D eigenvalue weighted by Crippen LogP contribution is 2.51. The average molecular weight is 461 g/mol. The summed E-state index contributed by atoms with van der Waals surface area (Å²) in [5.74, 6) is 0. The van der Waals surface area contributed by atoms with E-state index in [2.05, 4.69) is 136 Å². The molecule has 0 aromatic heterocycles. The molecule has 0 fully saturated rings. The fraction of sp³-hybridized carbons (Fsp3) is 0.111. The zero-order valence-corrected chi connectivity index (χ0v) is 21.0. The van der Waals surface area contributed by atoms with Crippen molar-refractivity contribution in [1.82, 2.24) is 0 Å². The van der Waals surface area contributed by atoms with Gasteiger partial charge in [0.05, 0.1) is 0 Å². The molecule has 0 spiro atoms. The van der Waals surface area contributed by atoms with Gasteiger partial charge in [0.25, 0.3) is 0 Å². The molecule has 0 saturated carbocycles. The van der Waals surface area contributed by atoms with Gasteiger partial charge in [-0.3, -0.25) is 0 Å². The molecule has 7 rings (SSSR count). The van der Waals surface area contributed by atoms with Gasteiger partial charge in [-0.1, -0.05) is 129 Å². The lowest BCUT2D eigenvalue weighted by atomic mass is 9.81. The Morgan fingerprint density at radius 1 is 0.444 bits per heavy atom. The molecule has 172 valence electrons. The summed E-state index contributed by atoms with van der Waals surface area (Å²) in [4.78, 5) is 0. The van der Waals surface area contributed by atoms with Gasteiger partial charge in [-0.2, -0.15) is 0 Å². The van der Waals surface area contributed by atoms with Crippen molar-refractivity contribution >= 4 is 21.5 Å². The Hall–Kier alpha value is -4.16. The monoisotopic (exact) mass is 460 g/mol. The highest BCUT2D eigenvalue weighted by atomic mass is 14.4. The predicted molar refractivity (Wildman–Crippen MR) is 155 cm³/mol. The molecule has 0 heterocycles. The van der Waals surface area contributed by atoms with E-state index in [9.17, 15) is 0 Å². The Morgan fingerprint density at radius 3 is 1.83 bits per heavy atom. The van der Waals surface area contributed by atoms with Gasteiger partial charge in [0, 0.05) is 5.41 Å². The summed E-state index contributed by atoms with van der Waals surface area (Å²) >= 11 is 0. The summed E-state index contributed by atoms with van der Waals surface area (Å²) in [6, 6.07) is 42.7. The van der Waals surface area contributed by atoms with Crippen LogP contribution in [0, 0.1) is 6.92 Å². The first-order chi connectivity index (χ1) is 17.5. The van der Waals surface area contributed by atoms with E-state index in [-0.39, 0.29) is 5.41 Å². The second kappa shape index (κ2) is 7.67. The van der Waals surface area contributed by atoms with E-state index in [0.717, 1.165) is 0 Å². The molecule has 1 aliphatic carbocycles. The molecule has 0 amide bonds. The van der Waals surface area contributed by atoms with Crippen molar-refractivity contribution in [3.8, 4) is 33.4 Å². The summed E-state index contributed by atoms with van der Waals surface area (Å²) in [6.07, 6.45) is 0. The maximum Gasteiger partial charge on any atom is 0.0158 e. The standard InChI is InChI=1S/C36H28/c1-23-17-19-29-31(21-23)35(28-15-8-7-14-27(28)34(29)24-11-5-4-6-12-24)25-18-20-33-30(22-25)26-13-9-10-16-32(26)36(33,2)3/h4-22H,1-3H3. The SMILES string of the molecule is Cc1ccc2c(-c3ccccc3)c3ccccc3c(-c3ccc4c(c3)-c3ccccc3C4(C)C)c2c1. The van der Waals surface area contributed by atoms with Gasteiger partial charge in [0.1, 0.15) is 0 Å². The molecule has 0 atom stereocenters. The molecular weight excluding hydrogens is 432 g/mol. The molecular formula is C36H28. The van der Waals surface area contributed by atoms with Gasteiger partial charge in [-0.15, -0.1) is 0 Å². The zero-order valence-electron chi connectivity index (χ0n) is 21.0. The van der Waals surface area contributed by atoms with Gasteiger partial charge in [0.2, 0.25) is 0 Å².